The summed E-state index contributed by atoms with van der Waals surface area (Å²) in [6.07, 6.45) is 0.879. The molecule has 4 nitrogen and oxygen atoms in total. The number of rotatable bonds is 5. The number of hydrogen-bond acceptors (Lipinski definition) is 5. The second-order valence-corrected chi connectivity index (χ2v) is 6.27. The SMILES string of the molecule is CCC(N)C(Sc1nc(C)cc(=O)[nH]1)c1ccsc1. The van der Waals surface area contributed by atoms with Gasteiger partial charge in [-0.15, -0.1) is 0 Å². The van der Waals surface area contributed by atoms with Crippen molar-refractivity contribution in [1.29, 1.82) is 0 Å². The lowest BCUT2D eigenvalue weighted by molar-refractivity contribution is 0.633. The van der Waals surface area contributed by atoms with Crippen molar-refractivity contribution >= 4 is 23.1 Å². The van der Waals surface area contributed by atoms with Gasteiger partial charge in [-0.1, -0.05) is 18.7 Å². The first-order chi connectivity index (χ1) is 9.10. The van der Waals surface area contributed by atoms with E-state index in [9.17, 15) is 4.79 Å². The summed E-state index contributed by atoms with van der Waals surface area (Å²) in [7, 11) is 0. The Kier molecular flexibility index (Phi) is 4.79. The Labute approximate surface area is 120 Å². The molecule has 0 saturated carbocycles. The Bertz CT molecular complexity index is 580. The molecule has 0 amide bonds. The van der Waals surface area contributed by atoms with Crippen molar-refractivity contribution < 1.29 is 0 Å². The summed E-state index contributed by atoms with van der Waals surface area (Å²) >= 11 is 3.17. The highest BCUT2D eigenvalue weighted by molar-refractivity contribution is 7.99. The fourth-order valence-electron chi connectivity index (χ4n) is 1.78. The van der Waals surface area contributed by atoms with E-state index in [1.54, 1.807) is 11.3 Å². The number of nitrogens with zero attached hydrogens (tertiary/aromatic N) is 1. The normalized spacial score (nSPS) is 14.3. The van der Waals surface area contributed by atoms with E-state index in [0.29, 0.717) is 5.16 Å². The van der Waals surface area contributed by atoms with Crippen molar-refractivity contribution in [1.82, 2.24) is 9.97 Å². The summed E-state index contributed by atoms with van der Waals surface area (Å²) in [4.78, 5) is 18.6. The van der Waals surface area contributed by atoms with Crippen LogP contribution in [0.25, 0.3) is 0 Å². The van der Waals surface area contributed by atoms with Crippen LogP contribution in [0.15, 0.2) is 32.8 Å². The third kappa shape index (κ3) is 3.68. The van der Waals surface area contributed by atoms with E-state index in [-0.39, 0.29) is 16.9 Å². The molecule has 19 heavy (non-hydrogen) atoms. The fourth-order valence-corrected chi connectivity index (χ4v) is 3.81. The van der Waals surface area contributed by atoms with Crippen LogP contribution < -0.4 is 11.3 Å². The van der Waals surface area contributed by atoms with E-state index < -0.39 is 0 Å². The number of aryl methyl sites for hydroxylation is 1. The van der Waals surface area contributed by atoms with E-state index >= 15 is 0 Å². The number of H-pyrrole nitrogens is 1. The minimum atomic E-state index is -0.121. The van der Waals surface area contributed by atoms with Gasteiger partial charge >= 0.3 is 0 Å². The van der Waals surface area contributed by atoms with E-state index in [1.165, 1.54) is 23.4 Å². The number of hydrogen-bond donors (Lipinski definition) is 2. The van der Waals surface area contributed by atoms with E-state index in [1.807, 2.05) is 12.3 Å². The second kappa shape index (κ2) is 6.36. The van der Waals surface area contributed by atoms with Crippen molar-refractivity contribution in [2.75, 3.05) is 0 Å². The van der Waals surface area contributed by atoms with Gasteiger partial charge in [0.15, 0.2) is 5.16 Å². The Morgan fingerprint density at radius 3 is 2.95 bits per heavy atom. The van der Waals surface area contributed by atoms with Crippen molar-refractivity contribution in [3.8, 4) is 0 Å². The molecule has 102 valence electrons. The Morgan fingerprint density at radius 1 is 1.58 bits per heavy atom. The van der Waals surface area contributed by atoms with Gasteiger partial charge in [-0.05, 0) is 35.7 Å². The van der Waals surface area contributed by atoms with Gasteiger partial charge in [-0.2, -0.15) is 11.3 Å². The molecule has 0 aromatic carbocycles. The average molecular weight is 295 g/mol. The van der Waals surface area contributed by atoms with Gasteiger partial charge in [0.25, 0.3) is 5.56 Å². The molecular weight excluding hydrogens is 278 g/mol. The molecule has 2 rings (SSSR count). The van der Waals surface area contributed by atoms with E-state index in [0.717, 1.165) is 12.1 Å². The lowest BCUT2D eigenvalue weighted by Gasteiger charge is -2.21. The van der Waals surface area contributed by atoms with Crippen LogP contribution in [0.2, 0.25) is 0 Å². The van der Waals surface area contributed by atoms with Crippen molar-refractivity contribution in [2.45, 2.75) is 36.7 Å². The molecule has 0 bridgehead atoms. The van der Waals surface area contributed by atoms with Gasteiger partial charge in [0.1, 0.15) is 0 Å². The molecule has 2 unspecified atom stereocenters. The minimum absolute atomic E-state index is 0.0328. The zero-order chi connectivity index (χ0) is 13.8. The van der Waals surface area contributed by atoms with Gasteiger partial charge in [-0.3, -0.25) is 4.79 Å². The highest BCUT2D eigenvalue weighted by Crippen LogP contribution is 2.37. The number of aromatic amines is 1. The molecule has 0 aliphatic heterocycles. The Morgan fingerprint density at radius 2 is 2.37 bits per heavy atom. The standard InChI is InChI=1S/C13H17N3OS2/c1-3-10(14)12(9-4-5-18-7-9)19-13-15-8(2)6-11(17)16-13/h4-7,10,12H,3,14H2,1-2H3,(H,15,16,17). The van der Waals surface area contributed by atoms with Crippen LogP contribution in [0.5, 0.6) is 0 Å². The lowest BCUT2D eigenvalue weighted by atomic mass is 10.1. The van der Waals surface area contributed by atoms with Crippen LogP contribution in [0.1, 0.15) is 29.9 Å². The molecule has 0 spiro atoms. The second-order valence-electron chi connectivity index (χ2n) is 4.36. The molecule has 2 heterocycles. The molecule has 0 radical (unpaired) electrons. The van der Waals surface area contributed by atoms with Gasteiger partial charge in [0.2, 0.25) is 0 Å². The van der Waals surface area contributed by atoms with Crippen LogP contribution in [-0.2, 0) is 0 Å². The lowest BCUT2D eigenvalue weighted by Crippen LogP contribution is -2.25. The molecule has 3 N–H and O–H groups in total. The minimum Gasteiger partial charge on any atom is -0.326 e. The predicted octanol–water partition coefficient (Wildman–Crippen LogP) is 2.71. The van der Waals surface area contributed by atoms with Crippen molar-refractivity contribution in [2.24, 2.45) is 5.73 Å². The van der Waals surface area contributed by atoms with Gasteiger partial charge in [-0.25, -0.2) is 4.98 Å². The molecule has 0 aliphatic rings. The molecule has 6 heteroatoms. The maximum atomic E-state index is 11.5. The van der Waals surface area contributed by atoms with Crippen LogP contribution in [0.4, 0.5) is 0 Å². The van der Waals surface area contributed by atoms with E-state index in [4.69, 9.17) is 5.73 Å². The summed E-state index contributed by atoms with van der Waals surface area (Å²) in [5.41, 5.74) is 7.99. The van der Waals surface area contributed by atoms with Gasteiger partial charge in [0, 0.05) is 17.8 Å². The molecule has 2 aromatic rings. The number of thiophene rings is 1. The third-order valence-electron chi connectivity index (χ3n) is 2.82. The summed E-state index contributed by atoms with van der Waals surface area (Å²) in [6.45, 7) is 3.88. The highest BCUT2D eigenvalue weighted by Gasteiger charge is 2.21. The maximum Gasteiger partial charge on any atom is 0.251 e. The summed E-state index contributed by atoms with van der Waals surface area (Å²) in [5, 5.41) is 4.88. The van der Waals surface area contributed by atoms with Crippen LogP contribution in [0, 0.1) is 6.92 Å². The van der Waals surface area contributed by atoms with Crippen LogP contribution in [0.3, 0.4) is 0 Å². The third-order valence-corrected chi connectivity index (χ3v) is 4.81. The first-order valence-electron chi connectivity index (χ1n) is 6.12. The Hall–Kier alpha value is -1.11. The maximum absolute atomic E-state index is 11.5. The number of aromatic nitrogens is 2. The first kappa shape index (κ1) is 14.3. The number of nitrogens with one attached hydrogen (secondary N) is 1. The molecule has 0 aliphatic carbocycles. The first-order valence-corrected chi connectivity index (χ1v) is 7.94. The van der Waals surface area contributed by atoms with Gasteiger partial charge in [0.05, 0.1) is 5.25 Å². The molecule has 0 fully saturated rings. The largest absolute Gasteiger partial charge is 0.326 e. The highest BCUT2D eigenvalue weighted by atomic mass is 32.2. The molecule has 0 saturated heterocycles. The summed E-state index contributed by atoms with van der Waals surface area (Å²) in [5.74, 6) is 0. The zero-order valence-corrected chi connectivity index (χ0v) is 12.6. The topological polar surface area (TPSA) is 71.8 Å². The smallest absolute Gasteiger partial charge is 0.251 e. The van der Waals surface area contributed by atoms with Crippen LogP contribution in [-0.4, -0.2) is 16.0 Å². The monoisotopic (exact) mass is 295 g/mol. The molecule has 2 atom stereocenters. The number of thioether (sulfide) groups is 1. The van der Waals surface area contributed by atoms with Crippen LogP contribution >= 0.6 is 23.1 Å². The van der Waals surface area contributed by atoms with Crippen molar-refractivity contribution in [3.63, 3.8) is 0 Å². The predicted molar refractivity (Wildman–Crippen MR) is 80.8 cm³/mol. The number of nitrogens with two attached hydrogens (primary N) is 1. The average Bonchev–Trinajstić information content (AvgIpc) is 2.87. The Balaban J connectivity index is 2.27. The summed E-state index contributed by atoms with van der Waals surface area (Å²) in [6, 6.07) is 3.60. The van der Waals surface area contributed by atoms with Crippen molar-refractivity contribution in [3.05, 3.63) is 44.5 Å². The molecular formula is C13H17N3OS2. The summed E-state index contributed by atoms with van der Waals surface area (Å²) < 4.78 is 0. The zero-order valence-electron chi connectivity index (χ0n) is 10.9. The van der Waals surface area contributed by atoms with Gasteiger partial charge < -0.3 is 10.7 Å². The van der Waals surface area contributed by atoms with E-state index in [2.05, 4.69) is 28.3 Å². The molecule has 2 aromatic heterocycles. The quantitative estimate of drug-likeness (QED) is 0.657. The fraction of sp³-hybridized carbons (Fsp3) is 0.385.